The van der Waals surface area contributed by atoms with E-state index in [4.69, 9.17) is 0 Å². The molecule has 0 aliphatic rings. The van der Waals surface area contributed by atoms with Gasteiger partial charge in [-0.15, -0.1) is 0 Å². The maximum Gasteiger partial charge on any atom is 0.0464 e. The first-order valence-corrected chi connectivity index (χ1v) is 16.7. The number of anilines is 3. The van der Waals surface area contributed by atoms with Crippen LogP contribution in [0.2, 0.25) is 0 Å². The number of hydrogen-bond acceptors (Lipinski definition) is 1. The van der Waals surface area contributed by atoms with Crippen LogP contribution in [0.4, 0.5) is 17.1 Å². The maximum absolute atomic E-state index is 2.39. The largest absolute Gasteiger partial charge is 0.310 e. The van der Waals surface area contributed by atoms with Gasteiger partial charge in [-0.1, -0.05) is 127 Å². The van der Waals surface area contributed by atoms with E-state index in [0.717, 1.165) is 23.5 Å². The van der Waals surface area contributed by atoms with Crippen molar-refractivity contribution in [2.45, 2.75) is 41.0 Å². The van der Waals surface area contributed by atoms with E-state index in [2.05, 4.69) is 185 Å². The highest BCUT2D eigenvalue weighted by atomic mass is 15.1. The highest BCUT2D eigenvalue weighted by molar-refractivity contribution is 5.99. The van der Waals surface area contributed by atoms with Crippen LogP contribution in [-0.4, -0.2) is 0 Å². The molecule has 0 unspecified atom stereocenters. The van der Waals surface area contributed by atoms with Crippen molar-refractivity contribution in [1.82, 2.24) is 0 Å². The number of rotatable bonds is 7. The highest BCUT2D eigenvalue weighted by Crippen LogP contribution is 2.40. The topological polar surface area (TPSA) is 3.24 Å². The van der Waals surface area contributed by atoms with E-state index in [9.17, 15) is 0 Å². The van der Waals surface area contributed by atoms with Crippen LogP contribution in [0, 0.1) is 27.7 Å². The summed E-state index contributed by atoms with van der Waals surface area (Å²) in [5.74, 6) is 0. The zero-order valence-corrected chi connectivity index (χ0v) is 28.0. The number of benzene rings is 7. The lowest BCUT2D eigenvalue weighted by Gasteiger charge is -2.27. The number of aryl methyl sites for hydroxylation is 5. The van der Waals surface area contributed by atoms with Crippen LogP contribution in [0.1, 0.15) is 34.7 Å². The van der Waals surface area contributed by atoms with Crippen molar-refractivity contribution in [3.63, 3.8) is 0 Å². The molecular formula is C46H41N. The van der Waals surface area contributed by atoms with Gasteiger partial charge in [0.25, 0.3) is 0 Å². The van der Waals surface area contributed by atoms with E-state index < -0.39 is 0 Å². The molecule has 7 aromatic rings. The van der Waals surface area contributed by atoms with Gasteiger partial charge in [0.15, 0.2) is 0 Å². The molecule has 0 radical (unpaired) electrons. The van der Waals surface area contributed by atoms with E-state index in [-0.39, 0.29) is 0 Å². The molecule has 0 atom stereocenters. The van der Waals surface area contributed by atoms with Crippen LogP contribution < -0.4 is 4.90 Å². The molecule has 0 spiro atoms. The Hall–Kier alpha value is -5.40. The summed E-state index contributed by atoms with van der Waals surface area (Å²) in [6.07, 6.45) is 0.954. The third-order valence-corrected chi connectivity index (χ3v) is 9.61. The first-order valence-electron chi connectivity index (χ1n) is 16.7. The van der Waals surface area contributed by atoms with Gasteiger partial charge in [0.1, 0.15) is 0 Å². The molecule has 0 aliphatic heterocycles. The number of fused-ring (bicyclic) bond motifs is 1. The van der Waals surface area contributed by atoms with Crippen molar-refractivity contribution in [3.8, 4) is 33.4 Å². The Kier molecular flexibility index (Phi) is 8.23. The molecule has 0 amide bonds. The minimum Gasteiger partial charge on any atom is -0.310 e. The van der Waals surface area contributed by atoms with E-state index in [1.807, 2.05) is 0 Å². The third-order valence-electron chi connectivity index (χ3n) is 9.61. The van der Waals surface area contributed by atoms with Crippen molar-refractivity contribution >= 4 is 27.8 Å². The summed E-state index contributed by atoms with van der Waals surface area (Å²) < 4.78 is 0. The molecule has 1 heteroatoms. The van der Waals surface area contributed by atoms with Crippen LogP contribution in [0.5, 0.6) is 0 Å². The standard InChI is InChI=1S/C46H41N/c1-6-35-30-42(27-28-44(35)38-17-13-32(3)14-18-38)47(40-23-19-37(20-24-40)36-15-11-31(2)12-16-36)41-25-21-39(22-26-41)46-29-33(4)34(5)43-9-7-8-10-45(43)46/h7-30H,6H2,1-5H3. The lowest BCUT2D eigenvalue weighted by molar-refractivity contribution is 1.13. The van der Waals surface area contributed by atoms with Gasteiger partial charge in [0, 0.05) is 17.1 Å². The highest BCUT2D eigenvalue weighted by Gasteiger charge is 2.16. The second kappa shape index (κ2) is 12.8. The molecule has 7 aromatic carbocycles. The van der Waals surface area contributed by atoms with E-state index in [1.165, 1.54) is 72.0 Å². The Labute approximate surface area is 279 Å². The minimum atomic E-state index is 0.954. The first kappa shape index (κ1) is 30.3. The molecule has 0 heterocycles. The fourth-order valence-electron chi connectivity index (χ4n) is 6.71. The fraction of sp³-hybridized carbons (Fsp3) is 0.130. The van der Waals surface area contributed by atoms with E-state index in [1.54, 1.807) is 0 Å². The summed E-state index contributed by atoms with van der Waals surface area (Å²) in [6.45, 7) is 11.0. The number of hydrogen-bond donors (Lipinski definition) is 0. The van der Waals surface area contributed by atoms with Crippen LogP contribution in [-0.2, 0) is 6.42 Å². The molecule has 0 saturated carbocycles. The smallest absolute Gasteiger partial charge is 0.0464 e. The van der Waals surface area contributed by atoms with Gasteiger partial charge in [0.05, 0.1) is 0 Å². The summed E-state index contributed by atoms with van der Waals surface area (Å²) in [4.78, 5) is 2.39. The molecule has 0 fully saturated rings. The zero-order chi connectivity index (χ0) is 32.5. The Morgan fingerprint density at radius 2 is 0.894 bits per heavy atom. The lowest BCUT2D eigenvalue weighted by atomic mass is 9.92. The van der Waals surface area contributed by atoms with Gasteiger partial charge in [0.2, 0.25) is 0 Å². The van der Waals surface area contributed by atoms with Crippen molar-refractivity contribution in [2.24, 2.45) is 0 Å². The maximum atomic E-state index is 2.39. The summed E-state index contributed by atoms with van der Waals surface area (Å²) >= 11 is 0. The molecule has 0 aromatic heterocycles. The second-order valence-electron chi connectivity index (χ2n) is 12.8. The van der Waals surface area contributed by atoms with Gasteiger partial charge in [-0.3, -0.25) is 0 Å². The predicted octanol–water partition coefficient (Wildman–Crippen LogP) is 13.1. The van der Waals surface area contributed by atoms with Crippen molar-refractivity contribution in [1.29, 1.82) is 0 Å². The molecule has 47 heavy (non-hydrogen) atoms. The Bertz CT molecular complexity index is 2170. The Morgan fingerprint density at radius 1 is 0.426 bits per heavy atom. The second-order valence-corrected chi connectivity index (χ2v) is 12.8. The van der Waals surface area contributed by atoms with Gasteiger partial charge < -0.3 is 4.90 Å². The van der Waals surface area contributed by atoms with Crippen LogP contribution in [0.3, 0.4) is 0 Å². The van der Waals surface area contributed by atoms with Crippen molar-refractivity contribution in [3.05, 3.63) is 173 Å². The Balaban J connectivity index is 1.32. The minimum absolute atomic E-state index is 0.954. The molecule has 0 aliphatic carbocycles. The zero-order valence-electron chi connectivity index (χ0n) is 28.0. The third kappa shape index (κ3) is 5.98. The quantitative estimate of drug-likeness (QED) is 0.174. The van der Waals surface area contributed by atoms with Crippen LogP contribution >= 0.6 is 0 Å². The average Bonchev–Trinajstić information content (AvgIpc) is 3.11. The molecule has 7 rings (SSSR count). The molecule has 0 N–H and O–H groups in total. The van der Waals surface area contributed by atoms with E-state index >= 15 is 0 Å². The monoisotopic (exact) mass is 607 g/mol. The Morgan fingerprint density at radius 3 is 1.47 bits per heavy atom. The summed E-state index contributed by atoms with van der Waals surface area (Å²) in [5, 5.41) is 2.62. The molecule has 0 saturated heterocycles. The van der Waals surface area contributed by atoms with Gasteiger partial charge in [-0.25, -0.2) is 0 Å². The van der Waals surface area contributed by atoms with Crippen LogP contribution in [0.25, 0.3) is 44.2 Å². The normalized spacial score (nSPS) is 11.2. The SMILES string of the molecule is CCc1cc(N(c2ccc(-c3ccc(C)cc3)cc2)c2ccc(-c3cc(C)c(C)c4ccccc34)cc2)ccc1-c1ccc(C)cc1. The van der Waals surface area contributed by atoms with E-state index in [0.29, 0.717) is 0 Å². The van der Waals surface area contributed by atoms with Crippen LogP contribution in [0.15, 0.2) is 146 Å². The predicted molar refractivity (Wildman–Crippen MR) is 203 cm³/mol. The summed E-state index contributed by atoms with van der Waals surface area (Å²) in [7, 11) is 0. The first-order chi connectivity index (χ1) is 22.9. The van der Waals surface area contributed by atoms with Crippen molar-refractivity contribution < 1.29 is 0 Å². The molecular weight excluding hydrogens is 567 g/mol. The van der Waals surface area contributed by atoms with Gasteiger partial charge in [-0.2, -0.15) is 0 Å². The summed E-state index contributed by atoms with van der Waals surface area (Å²) in [5.41, 5.74) is 17.5. The van der Waals surface area contributed by atoms with Gasteiger partial charge in [-0.05, 0) is 131 Å². The number of nitrogens with zero attached hydrogens (tertiary/aromatic N) is 1. The molecule has 0 bridgehead atoms. The van der Waals surface area contributed by atoms with Crippen molar-refractivity contribution in [2.75, 3.05) is 4.90 Å². The lowest BCUT2D eigenvalue weighted by Crippen LogP contribution is -2.10. The molecule has 230 valence electrons. The summed E-state index contributed by atoms with van der Waals surface area (Å²) in [6, 6.07) is 53.7. The fourth-order valence-corrected chi connectivity index (χ4v) is 6.71. The average molecular weight is 608 g/mol. The molecule has 1 nitrogen and oxygen atoms in total. The van der Waals surface area contributed by atoms with Gasteiger partial charge >= 0.3 is 0 Å².